The van der Waals surface area contributed by atoms with Gasteiger partial charge < -0.3 is 29.6 Å². The van der Waals surface area contributed by atoms with Gasteiger partial charge in [-0.05, 0) is 12.8 Å². The van der Waals surface area contributed by atoms with Crippen molar-refractivity contribution in [3.63, 3.8) is 0 Å². The molecule has 1 aromatic rings. The topological polar surface area (TPSA) is 152 Å². The van der Waals surface area contributed by atoms with Crippen LogP contribution in [0, 0.1) is 0 Å². The van der Waals surface area contributed by atoms with Crippen molar-refractivity contribution in [2.24, 2.45) is 0 Å². The summed E-state index contributed by atoms with van der Waals surface area (Å²) >= 11 is 0. The van der Waals surface area contributed by atoms with Crippen LogP contribution in [0.25, 0.3) is 0 Å². The SMILES string of the molecule is O=C(COC1CCCC1)ONc1ccn([C@@H]2O[C@H](CO)[C@@H](O)[C@H]2O)c(=O)n1. The summed E-state index contributed by atoms with van der Waals surface area (Å²) in [6, 6.07) is 1.33. The number of aliphatic hydroxyl groups is 3. The lowest BCUT2D eigenvalue weighted by atomic mass is 10.1. The third-order valence-electron chi connectivity index (χ3n) is 4.63. The maximum absolute atomic E-state index is 12.1. The van der Waals surface area contributed by atoms with Crippen LogP contribution >= 0.6 is 0 Å². The predicted octanol–water partition coefficient (Wildman–Crippen LogP) is -1.32. The Balaban J connectivity index is 1.53. The predicted molar refractivity (Wildman–Crippen MR) is 89.4 cm³/mol. The Morgan fingerprint density at radius 1 is 1.33 bits per heavy atom. The van der Waals surface area contributed by atoms with Crippen LogP contribution in [0.3, 0.4) is 0 Å². The van der Waals surface area contributed by atoms with Crippen LogP contribution in [0.2, 0.25) is 0 Å². The molecule has 0 spiro atoms. The number of hydrogen-bond acceptors (Lipinski definition) is 10. The monoisotopic (exact) mass is 385 g/mol. The van der Waals surface area contributed by atoms with Gasteiger partial charge in [0.15, 0.2) is 12.0 Å². The van der Waals surface area contributed by atoms with E-state index in [0.29, 0.717) is 0 Å². The van der Waals surface area contributed by atoms with E-state index < -0.39 is 42.8 Å². The number of hydrogen-bond donors (Lipinski definition) is 4. The first-order chi connectivity index (χ1) is 13.0. The molecule has 11 heteroatoms. The van der Waals surface area contributed by atoms with E-state index in [2.05, 4.69) is 10.5 Å². The lowest BCUT2D eigenvalue weighted by Crippen LogP contribution is -2.36. The first kappa shape index (κ1) is 19.7. The smallest absolute Gasteiger partial charge is 0.357 e. The molecule has 2 aliphatic rings. The molecule has 27 heavy (non-hydrogen) atoms. The number of nitrogens with zero attached hydrogens (tertiary/aromatic N) is 2. The van der Waals surface area contributed by atoms with Crippen molar-refractivity contribution < 1.29 is 34.4 Å². The van der Waals surface area contributed by atoms with Crippen LogP contribution in [-0.2, 0) is 19.1 Å². The first-order valence-electron chi connectivity index (χ1n) is 8.78. The number of rotatable bonds is 7. The van der Waals surface area contributed by atoms with Crippen molar-refractivity contribution in [1.82, 2.24) is 9.55 Å². The highest BCUT2D eigenvalue weighted by molar-refractivity contribution is 5.71. The summed E-state index contributed by atoms with van der Waals surface area (Å²) in [4.78, 5) is 32.3. The Kier molecular flexibility index (Phi) is 6.39. The van der Waals surface area contributed by atoms with Crippen LogP contribution in [0.5, 0.6) is 0 Å². The summed E-state index contributed by atoms with van der Waals surface area (Å²) in [5.74, 6) is -0.659. The Morgan fingerprint density at radius 3 is 2.70 bits per heavy atom. The summed E-state index contributed by atoms with van der Waals surface area (Å²) in [7, 11) is 0. The van der Waals surface area contributed by atoms with Gasteiger partial charge >= 0.3 is 11.7 Å². The molecule has 0 amide bonds. The van der Waals surface area contributed by atoms with Crippen molar-refractivity contribution in [1.29, 1.82) is 0 Å². The van der Waals surface area contributed by atoms with E-state index in [4.69, 9.17) is 19.4 Å². The second-order valence-corrected chi connectivity index (χ2v) is 6.53. The van der Waals surface area contributed by atoms with Gasteiger partial charge in [0.1, 0.15) is 24.9 Å². The van der Waals surface area contributed by atoms with Gasteiger partial charge in [-0.1, -0.05) is 12.8 Å². The fourth-order valence-electron chi connectivity index (χ4n) is 3.15. The minimum atomic E-state index is -1.40. The molecule has 3 rings (SSSR count). The van der Waals surface area contributed by atoms with E-state index >= 15 is 0 Å². The van der Waals surface area contributed by atoms with Gasteiger partial charge in [0, 0.05) is 12.3 Å². The third kappa shape index (κ3) is 4.62. The van der Waals surface area contributed by atoms with Crippen molar-refractivity contribution in [3.05, 3.63) is 22.7 Å². The number of carbonyl (C=O) groups excluding carboxylic acids is 1. The molecule has 1 aliphatic carbocycles. The minimum absolute atomic E-state index is 0.0165. The second-order valence-electron chi connectivity index (χ2n) is 6.53. The Hall–Kier alpha value is -2.05. The Bertz CT molecular complexity index is 705. The normalized spacial score (nSPS) is 28.4. The molecule has 2 heterocycles. The van der Waals surface area contributed by atoms with E-state index in [1.807, 2.05) is 0 Å². The van der Waals surface area contributed by atoms with E-state index in [0.717, 1.165) is 30.3 Å². The zero-order chi connectivity index (χ0) is 19.4. The molecular weight excluding hydrogens is 362 g/mol. The molecule has 1 saturated carbocycles. The average molecular weight is 385 g/mol. The van der Waals surface area contributed by atoms with Crippen LogP contribution in [0.15, 0.2) is 17.1 Å². The van der Waals surface area contributed by atoms with Crippen molar-refractivity contribution in [2.75, 3.05) is 18.7 Å². The van der Waals surface area contributed by atoms with Gasteiger partial charge in [0.2, 0.25) is 0 Å². The molecule has 11 nitrogen and oxygen atoms in total. The molecule has 0 unspecified atom stereocenters. The van der Waals surface area contributed by atoms with Gasteiger partial charge in [0.05, 0.1) is 12.7 Å². The standard InChI is InChI=1S/C16H23N3O8/c20-7-10-13(22)14(23)15(26-10)19-6-5-11(17-16(19)24)18-27-12(21)8-25-9-3-1-2-4-9/h5-6,9-10,13-15,20,22-23H,1-4,7-8H2,(H,17,18,24)/t10-,13-,14-,15-/m1/s1. The highest BCUT2D eigenvalue weighted by atomic mass is 16.7. The van der Waals surface area contributed by atoms with Gasteiger partial charge in [-0.25, -0.2) is 15.1 Å². The Labute approximate surface area is 154 Å². The molecule has 4 atom stereocenters. The molecule has 0 radical (unpaired) electrons. The van der Waals surface area contributed by atoms with Gasteiger partial charge in [-0.3, -0.25) is 4.57 Å². The van der Waals surface area contributed by atoms with Crippen LogP contribution < -0.4 is 11.2 Å². The molecule has 1 aromatic heterocycles. The van der Waals surface area contributed by atoms with Gasteiger partial charge in [-0.15, -0.1) is 0 Å². The first-order valence-corrected chi connectivity index (χ1v) is 8.78. The number of ether oxygens (including phenoxy) is 2. The molecule has 0 bridgehead atoms. The zero-order valence-corrected chi connectivity index (χ0v) is 14.6. The molecule has 1 aliphatic heterocycles. The van der Waals surface area contributed by atoms with Gasteiger partial charge in [0.25, 0.3) is 0 Å². The van der Waals surface area contributed by atoms with Gasteiger partial charge in [-0.2, -0.15) is 4.98 Å². The molecule has 2 fully saturated rings. The number of anilines is 1. The van der Waals surface area contributed by atoms with Crippen LogP contribution in [0.1, 0.15) is 31.9 Å². The molecular formula is C16H23N3O8. The van der Waals surface area contributed by atoms with Crippen molar-refractivity contribution >= 4 is 11.8 Å². The number of aliphatic hydroxyl groups excluding tert-OH is 3. The quantitative estimate of drug-likeness (QED) is 0.416. The fourth-order valence-corrected chi connectivity index (χ4v) is 3.15. The maximum atomic E-state index is 12.1. The van der Waals surface area contributed by atoms with Crippen LogP contribution in [-0.4, -0.2) is 68.5 Å². The van der Waals surface area contributed by atoms with Crippen molar-refractivity contribution in [3.8, 4) is 0 Å². The lowest BCUT2D eigenvalue weighted by molar-refractivity contribution is -0.148. The summed E-state index contributed by atoms with van der Waals surface area (Å²) in [6.45, 7) is -0.702. The number of aromatic nitrogens is 2. The van der Waals surface area contributed by atoms with E-state index in [-0.39, 0.29) is 18.5 Å². The number of carbonyl (C=O) groups is 1. The molecule has 1 saturated heterocycles. The minimum Gasteiger partial charge on any atom is -0.394 e. The molecule has 0 aromatic carbocycles. The van der Waals surface area contributed by atoms with E-state index in [1.54, 1.807) is 0 Å². The average Bonchev–Trinajstić information content (AvgIpc) is 3.28. The summed E-state index contributed by atoms with van der Waals surface area (Å²) in [5, 5.41) is 28.8. The number of nitrogens with one attached hydrogen (secondary N) is 1. The molecule has 150 valence electrons. The second kappa shape index (κ2) is 8.76. The highest BCUT2D eigenvalue weighted by Crippen LogP contribution is 2.28. The van der Waals surface area contributed by atoms with E-state index in [1.165, 1.54) is 12.3 Å². The van der Waals surface area contributed by atoms with Crippen LogP contribution in [0.4, 0.5) is 5.82 Å². The lowest BCUT2D eigenvalue weighted by Gasteiger charge is -2.17. The summed E-state index contributed by atoms with van der Waals surface area (Å²) in [5.41, 5.74) is 1.47. The van der Waals surface area contributed by atoms with Crippen molar-refractivity contribution in [2.45, 2.75) is 56.3 Å². The largest absolute Gasteiger partial charge is 0.394 e. The zero-order valence-electron chi connectivity index (χ0n) is 14.6. The summed E-state index contributed by atoms with van der Waals surface area (Å²) in [6.07, 6.45) is 0.474. The fraction of sp³-hybridized carbons (Fsp3) is 0.688. The summed E-state index contributed by atoms with van der Waals surface area (Å²) < 4.78 is 11.7. The maximum Gasteiger partial charge on any atom is 0.357 e. The van der Waals surface area contributed by atoms with E-state index in [9.17, 15) is 19.8 Å². The highest BCUT2D eigenvalue weighted by Gasteiger charge is 2.43. The molecule has 4 N–H and O–H groups in total. The third-order valence-corrected chi connectivity index (χ3v) is 4.63. The Morgan fingerprint density at radius 2 is 2.07 bits per heavy atom.